The number of aryl methyl sites for hydroxylation is 2. The van der Waals surface area contributed by atoms with Gasteiger partial charge in [0.25, 0.3) is 0 Å². The first-order chi connectivity index (χ1) is 9.98. The number of nitrogens with one attached hydrogen (secondary N) is 1. The Hall–Kier alpha value is -1.35. The molecular formula is C18H27NO2. The Morgan fingerprint density at radius 1 is 1.33 bits per heavy atom. The van der Waals surface area contributed by atoms with Gasteiger partial charge in [0.15, 0.2) is 0 Å². The van der Waals surface area contributed by atoms with Crippen LogP contribution in [-0.4, -0.2) is 23.2 Å². The van der Waals surface area contributed by atoms with Gasteiger partial charge in [-0.05, 0) is 56.1 Å². The number of benzene rings is 1. The fraction of sp³-hybridized carbons (Fsp3) is 0.611. The van der Waals surface area contributed by atoms with Gasteiger partial charge < -0.3 is 10.4 Å². The second-order valence-corrected chi connectivity index (χ2v) is 6.61. The zero-order chi connectivity index (χ0) is 15.3. The van der Waals surface area contributed by atoms with Gasteiger partial charge in [-0.1, -0.05) is 31.2 Å². The molecule has 0 unspecified atom stereocenters. The summed E-state index contributed by atoms with van der Waals surface area (Å²) in [6.07, 6.45) is 4.94. The van der Waals surface area contributed by atoms with Gasteiger partial charge in [0, 0.05) is 13.0 Å². The highest BCUT2D eigenvalue weighted by Gasteiger charge is 2.31. The van der Waals surface area contributed by atoms with Gasteiger partial charge in [-0.25, -0.2) is 0 Å². The van der Waals surface area contributed by atoms with Crippen LogP contribution >= 0.6 is 0 Å². The minimum Gasteiger partial charge on any atom is -0.388 e. The second-order valence-electron chi connectivity index (χ2n) is 6.61. The van der Waals surface area contributed by atoms with Crippen molar-refractivity contribution >= 4 is 5.91 Å². The van der Waals surface area contributed by atoms with Crippen LogP contribution in [0.1, 0.15) is 50.2 Å². The van der Waals surface area contributed by atoms with Gasteiger partial charge in [-0.3, -0.25) is 4.79 Å². The lowest BCUT2D eigenvalue weighted by molar-refractivity contribution is -0.122. The molecule has 1 saturated carbocycles. The lowest BCUT2D eigenvalue weighted by Crippen LogP contribution is -2.45. The minimum atomic E-state index is -0.690. The molecule has 1 aliphatic carbocycles. The van der Waals surface area contributed by atoms with Crippen LogP contribution in [-0.2, 0) is 11.2 Å². The lowest BCUT2D eigenvalue weighted by atomic mass is 9.79. The molecule has 0 aromatic heterocycles. The Kier molecular flexibility index (Phi) is 5.40. The van der Waals surface area contributed by atoms with Gasteiger partial charge in [0.2, 0.25) is 5.91 Å². The van der Waals surface area contributed by atoms with E-state index in [1.165, 1.54) is 11.1 Å². The summed E-state index contributed by atoms with van der Waals surface area (Å²) in [6.45, 7) is 4.69. The summed E-state index contributed by atoms with van der Waals surface area (Å²) in [5, 5.41) is 13.4. The topological polar surface area (TPSA) is 49.3 Å². The summed E-state index contributed by atoms with van der Waals surface area (Å²) in [5.41, 5.74) is 1.76. The van der Waals surface area contributed by atoms with Crippen molar-refractivity contribution in [2.45, 2.75) is 58.0 Å². The lowest BCUT2D eigenvalue weighted by Gasteiger charge is -2.34. The first kappa shape index (κ1) is 16.0. The average Bonchev–Trinajstić information content (AvgIpc) is 2.48. The summed E-state index contributed by atoms with van der Waals surface area (Å²) in [4.78, 5) is 12.0. The number of rotatable bonds is 5. The average molecular weight is 289 g/mol. The molecule has 0 radical (unpaired) electrons. The zero-order valence-corrected chi connectivity index (χ0v) is 13.2. The van der Waals surface area contributed by atoms with Crippen LogP contribution in [0.5, 0.6) is 0 Å². The molecule has 21 heavy (non-hydrogen) atoms. The molecular weight excluding hydrogens is 262 g/mol. The number of carbonyl (C=O) groups is 1. The van der Waals surface area contributed by atoms with Gasteiger partial charge in [-0.2, -0.15) is 0 Å². The van der Waals surface area contributed by atoms with Crippen molar-refractivity contribution in [1.82, 2.24) is 5.32 Å². The van der Waals surface area contributed by atoms with Crippen LogP contribution in [0, 0.1) is 12.8 Å². The maximum absolute atomic E-state index is 12.0. The van der Waals surface area contributed by atoms with Crippen molar-refractivity contribution in [3.8, 4) is 0 Å². The minimum absolute atomic E-state index is 0.0327. The third kappa shape index (κ3) is 4.85. The van der Waals surface area contributed by atoms with Crippen molar-refractivity contribution in [3.05, 3.63) is 35.4 Å². The molecule has 0 atom stereocenters. The fourth-order valence-electron chi connectivity index (χ4n) is 2.97. The molecule has 1 aliphatic rings. The highest BCUT2D eigenvalue weighted by atomic mass is 16.3. The molecule has 0 bridgehead atoms. The molecule has 1 aromatic rings. The smallest absolute Gasteiger partial charge is 0.220 e. The summed E-state index contributed by atoms with van der Waals surface area (Å²) in [6, 6.07) is 8.16. The molecule has 2 N–H and O–H groups in total. The molecule has 1 amide bonds. The maximum atomic E-state index is 12.0. The van der Waals surface area contributed by atoms with E-state index < -0.39 is 5.60 Å². The van der Waals surface area contributed by atoms with E-state index >= 15 is 0 Å². The Balaban J connectivity index is 1.74. The summed E-state index contributed by atoms with van der Waals surface area (Å²) >= 11 is 0. The van der Waals surface area contributed by atoms with E-state index in [0.29, 0.717) is 18.9 Å². The molecule has 0 spiro atoms. The highest BCUT2D eigenvalue weighted by Crippen LogP contribution is 2.31. The predicted octanol–water partition coefficient (Wildman–Crippen LogP) is 2.99. The summed E-state index contributed by atoms with van der Waals surface area (Å²) in [5.74, 6) is 0.729. The van der Waals surface area contributed by atoms with E-state index in [1.807, 2.05) is 12.1 Å². The van der Waals surface area contributed by atoms with Crippen molar-refractivity contribution in [1.29, 1.82) is 0 Å². The Bertz CT molecular complexity index is 476. The molecule has 0 saturated heterocycles. The Morgan fingerprint density at radius 3 is 2.67 bits per heavy atom. The van der Waals surface area contributed by atoms with E-state index in [0.717, 1.165) is 32.1 Å². The number of hydrogen-bond donors (Lipinski definition) is 2. The SMILES string of the molecule is Cc1ccccc1CCC(=O)NCC1(O)CCC(C)CC1. The van der Waals surface area contributed by atoms with E-state index in [1.54, 1.807) is 0 Å². The molecule has 116 valence electrons. The van der Waals surface area contributed by atoms with Crippen molar-refractivity contribution < 1.29 is 9.90 Å². The van der Waals surface area contributed by atoms with Crippen molar-refractivity contribution in [3.63, 3.8) is 0 Å². The van der Waals surface area contributed by atoms with Crippen LogP contribution in [0.3, 0.4) is 0 Å². The van der Waals surface area contributed by atoms with E-state index in [2.05, 4.69) is 31.3 Å². The summed E-state index contributed by atoms with van der Waals surface area (Å²) in [7, 11) is 0. The predicted molar refractivity (Wildman–Crippen MR) is 85.1 cm³/mol. The van der Waals surface area contributed by atoms with Crippen LogP contribution in [0.2, 0.25) is 0 Å². The number of amides is 1. The monoisotopic (exact) mass is 289 g/mol. The van der Waals surface area contributed by atoms with Gasteiger partial charge in [0.1, 0.15) is 0 Å². The maximum Gasteiger partial charge on any atom is 0.220 e. The van der Waals surface area contributed by atoms with E-state index in [-0.39, 0.29) is 5.91 Å². The Labute approximate surface area is 127 Å². The first-order valence-corrected chi connectivity index (χ1v) is 8.02. The van der Waals surface area contributed by atoms with Crippen LogP contribution in [0.25, 0.3) is 0 Å². The van der Waals surface area contributed by atoms with Crippen LogP contribution < -0.4 is 5.32 Å². The zero-order valence-electron chi connectivity index (χ0n) is 13.2. The number of carbonyl (C=O) groups excluding carboxylic acids is 1. The van der Waals surface area contributed by atoms with Gasteiger partial charge >= 0.3 is 0 Å². The fourth-order valence-corrected chi connectivity index (χ4v) is 2.97. The molecule has 1 fully saturated rings. The third-order valence-corrected chi connectivity index (χ3v) is 4.70. The van der Waals surface area contributed by atoms with Crippen molar-refractivity contribution in [2.75, 3.05) is 6.54 Å². The second kappa shape index (κ2) is 7.08. The van der Waals surface area contributed by atoms with Crippen LogP contribution in [0.4, 0.5) is 0 Å². The third-order valence-electron chi connectivity index (χ3n) is 4.70. The molecule has 1 aromatic carbocycles. The van der Waals surface area contributed by atoms with Crippen LogP contribution in [0.15, 0.2) is 24.3 Å². The standard InChI is InChI=1S/C18H27NO2/c1-14-9-11-18(21,12-10-14)13-19-17(20)8-7-16-6-4-3-5-15(16)2/h3-6,14,21H,7-13H2,1-2H3,(H,19,20). The first-order valence-electron chi connectivity index (χ1n) is 8.02. The molecule has 3 heteroatoms. The van der Waals surface area contributed by atoms with Gasteiger partial charge in [-0.15, -0.1) is 0 Å². The molecule has 3 nitrogen and oxygen atoms in total. The number of hydrogen-bond acceptors (Lipinski definition) is 2. The molecule has 0 aliphatic heterocycles. The number of aliphatic hydroxyl groups is 1. The quantitative estimate of drug-likeness (QED) is 0.875. The largest absolute Gasteiger partial charge is 0.388 e. The molecule has 0 heterocycles. The molecule has 2 rings (SSSR count). The Morgan fingerprint density at radius 2 is 2.00 bits per heavy atom. The van der Waals surface area contributed by atoms with Crippen molar-refractivity contribution in [2.24, 2.45) is 5.92 Å². The van der Waals surface area contributed by atoms with Gasteiger partial charge in [0.05, 0.1) is 5.60 Å². The highest BCUT2D eigenvalue weighted by molar-refractivity contribution is 5.76. The van der Waals surface area contributed by atoms with E-state index in [9.17, 15) is 9.90 Å². The normalized spacial score (nSPS) is 25.6. The van der Waals surface area contributed by atoms with E-state index in [4.69, 9.17) is 0 Å². The summed E-state index contributed by atoms with van der Waals surface area (Å²) < 4.78 is 0.